The fourth-order valence-electron chi connectivity index (χ4n) is 3.71. The van der Waals surface area contributed by atoms with E-state index in [1.807, 2.05) is 24.0 Å². The Labute approximate surface area is 173 Å². The molecule has 2 fully saturated rings. The van der Waals surface area contributed by atoms with Crippen LogP contribution in [-0.4, -0.2) is 60.5 Å². The number of halogens is 1. The Balaban J connectivity index is 1.22. The Morgan fingerprint density at radius 1 is 1.41 bits per heavy atom. The Hall–Kier alpha value is -2.00. The number of hydrogen-bond acceptors (Lipinski definition) is 7. The first kappa shape index (κ1) is 20.3. The number of fused-ring (bicyclic) bond motifs is 1. The lowest BCUT2D eigenvalue weighted by atomic mass is 9.83. The zero-order chi connectivity index (χ0) is 20.4. The number of hydrogen-bond donors (Lipinski definition) is 1. The molecule has 0 radical (unpaired) electrons. The van der Waals surface area contributed by atoms with Crippen LogP contribution in [0, 0.1) is 5.92 Å². The number of carbonyl (C=O) groups is 1. The van der Waals surface area contributed by atoms with Gasteiger partial charge in [0.15, 0.2) is 5.13 Å². The molecule has 0 bridgehead atoms. The lowest BCUT2D eigenvalue weighted by Gasteiger charge is -2.35. The van der Waals surface area contributed by atoms with Gasteiger partial charge in [-0.05, 0) is 38.2 Å². The summed E-state index contributed by atoms with van der Waals surface area (Å²) in [5.41, 5.74) is 0.824. The highest BCUT2D eigenvalue weighted by Gasteiger charge is 2.31. The minimum Gasteiger partial charge on any atom is -0.477 e. The number of thiazole rings is 1. The van der Waals surface area contributed by atoms with Crippen LogP contribution in [0.2, 0.25) is 0 Å². The maximum absolute atomic E-state index is 13.4. The third-order valence-corrected chi connectivity index (χ3v) is 6.34. The van der Waals surface area contributed by atoms with Crippen LogP contribution in [0.1, 0.15) is 33.1 Å². The number of alkyl halides is 1. The van der Waals surface area contributed by atoms with Gasteiger partial charge in [-0.15, -0.1) is 0 Å². The van der Waals surface area contributed by atoms with E-state index in [0.717, 1.165) is 28.3 Å². The molecule has 2 atom stereocenters. The van der Waals surface area contributed by atoms with Crippen LogP contribution in [0.4, 0.5) is 9.52 Å². The minimum atomic E-state index is -0.766. The van der Waals surface area contributed by atoms with Crippen molar-refractivity contribution in [1.29, 1.82) is 0 Å². The molecule has 1 N–H and O–H groups in total. The SMILES string of the molecule is CC(=O)N[C@@H](C)COC1CC(COc2ccc3nc(N4CC[C@H](F)C4)sc3n2)C1. The molecule has 1 amide bonds. The number of carbonyl (C=O) groups excluding carboxylic acids is 1. The molecular formula is C20H27FN4O3S. The van der Waals surface area contributed by atoms with Crippen molar-refractivity contribution in [3.63, 3.8) is 0 Å². The zero-order valence-corrected chi connectivity index (χ0v) is 17.6. The predicted molar refractivity (Wildman–Crippen MR) is 110 cm³/mol. The van der Waals surface area contributed by atoms with Crippen LogP contribution in [-0.2, 0) is 9.53 Å². The summed E-state index contributed by atoms with van der Waals surface area (Å²) in [4.78, 5) is 23.0. The van der Waals surface area contributed by atoms with Gasteiger partial charge >= 0.3 is 0 Å². The van der Waals surface area contributed by atoms with E-state index in [4.69, 9.17) is 9.47 Å². The summed E-state index contributed by atoms with van der Waals surface area (Å²) in [6, 6.07) is 3.78. The van der Waals surface area contributed by atoms with E-state index in [-0.39, 0.29) is 18.1 Å². The number of aromatic nitrogens is 2. The molecule has 158 valence electrons. The quantitative estimate of drug-likeness (QED) is 0.705. The summed E-state index contributed by atoms with van der Waals surface area (Å²) in [6.07, 6.45) is 1.95. The van der Waals surface area contributed by atoms with Crippen molar-refractivity contribution in [3.8, 4) is 5.88 Å². The molecule has 29 heavy (non-hydrogen) atoms. The number of nitrogens with one attached hydrogen (secondary N) is 1. The molecule has 1 aliphatic heterocycles. The van der Waals surface area contributed by atoms with Crippen molar-refractivity contribution in [2.75, 3.05) is 31.2 Å². The molecule has 2 aromatic rings. The van der Waals surface area contributed by atoms with Crippen molar-refractivity contribution in [2.24, 2.45) is 5.92 Å². The second-order valence-electron chi connectivity index (χ2n) is 8.01. The third-order valence-electron chi connectivity index (χ3n) is 5.31. The Morgan fingerprint density at radius 2 is 2.24 bits per heavy atom. The first-order valence-electron chi connectivity index (χ1n) is 10.1. The Kier molecular flexibility index (Phi) is 6.15. The van der Waals surface area contributed by atoms with E-state index < -0.39 is 6.17 Å². The van der Waals surface area contributed by atoms with Gasteiger partial charge in [0.1, 0.15) is 16.5 Å². The van der Waals surface area contributed by atoms with Gasteiger partial charge in [-0.1, -0.05) is 11.3 Å². The molecule has 7 nitrogen and oxygen atoms in total. The summed E-state index contributed by atoms with van der Waals surface area (Å²) in [5, 5.41) is 3.65. The highest BCUT2D eigenvalue weighted by Crippen LogP contribution is 2.33. The van der Waals surface area contributed by atoms with Gasteiger partial charge in [-0.3, -0.25) is 4.79 Å². The normalized spacial score (nSPS) is 25.1. The highest BCUT2D eigenvalue weighted by atomic mass is 32.1. The largest absolute Gasteiger partial charge is 0.477 e. The van der Waals surface area contributed by atoms with Crippen molar-refractivity contribution >= 4 is 32.7 Å². The highest BCUT2D eigenvalue weighted by molar-refractivity contribution is 7.21. The monoisotopic (exact) mass is 422 g/mol. The number of nitrogens with zero attached hydrogens (tertiary/aromatic N) is 3. The topological polar surface area (TPSA) is 76.6 Å². The van der Waals surface area contributed by atoms with Gasteiger partial charge in [0, 0.05) is 25.6 Å². The first-order valence-corrected chi connectivity index (χ1v) is 11.0. The molecule has 3 heterocycles. The summed E-state index contributed by atoms with van der Waals surface area (Å²) >= 11 is 1.49. The van der Waals surface area contributed by atoms with E-state index >= 15 is 0 Å². The lowest BCUT2D eigenvalue weighted by molar-refractivity contribution is -0.120. The summed E-state index contributed by atoms with van der Waals surface area (Å²) in [7, 11) is 0. The molecule has 0 aromatic carbocycles. The molecule has 1 aliphatic carbocycles. The first-order chi connectivity index (χ1) is 14.0. The summed E-state index contributed by atoms with van der Waals surface area (Å²) < 4.78 is 25.1. The van der Waals surface area contributed by atoms with E-state index in [1.54, 1.807) is 0 Å². The minimum absolute atomic E-state index is 0.0272. The summed E-state index contributed by atoms with van der Waals surface area (Å²) in [5.74, 6) is 1.02. The van der Waals surface area contributed by atoms with E-state index in [0.29, 0.717) is 44.5 Å². The number of amides is 1. The van der Waals surface area contributed by atoms with Crippen LogP contribution in [0.3, 0.4) is 0 Å². The number of anilines is 1. The van der Waals surface area contributed by atoms with Crippen LogP contribution in [0.25, 0.3) is 10.3 Å². The molecular weight excluding hydrogens is 395 g/mol. The van der Waals surface area contributed by atoms with Crippen molar-refractivity contribution < 1.29 is 18.7 Å². The maximum atomic E-state index is 13.4. The number of pyridine rings is 1. The standard InChI is InChI=1S/C20H27FN4O3S/c1-12(22-13(2)26)10-27-16-7-14(8-16)11-28-18-4-3-17-19(24-18)29-20(23-17)25-6-5-15(21)9-25/h3-4,12,14-16H,5-11H2,1-2H3,(H,22,26)/t12-,14?,15-,16?/m0/s1. The molecule has 2 aliphatic rings. The molecule has 1 saturated heterocycles. The van der Waals surface area contributed by atoms with Gasteiger partial charge in [-0.25, -0.2) is 14.4 Å². The molecule has 9 heteroatoms. The molecule has 4 rings (SSSR count). The Bertz CT molecular complexity index is 857. The summed E-state index contributed by atoms with van der Waals surface area (Å²) in [6.45, 7) is 5.71. The average molecular weight is 423 g/mol. The van der Waals surface area contributed by atoms with Crippen LogP contribution in [0.15, 0.2) is 12.1 Å². The van der Waals surface area contributed by atoms with E-state index in [9.17, 15) is 9.18 Å². The smallest absolute Gasteiger partial charge is 0.217 e. The molecule has 2 aromatic heterocycles. The van der Waals surface area contributed by atoms with E-state index in [1.165, 1.54) is 18.3 Å². The second kappa shape index (κ2) is 8.79. The average Bonchev–Trinajstić information content (AvgIpc) is 3.24. The molecule has 1 saturated carbocycles. The predicted octanol–water partition coefficient (Wildman–Crippen LogP) is 2.94. The third kappa shape index (κ3) is 5.14. The van der Waals surface area contributed by atoms with Crippen molar-refractivity contribution in [1.82, 2.24) is 15.3 Å². The fourth-order valence-corrected chi connectivity index (χ4v) is 4.68. The van der Waals surface area contributed by atoms with Gasteiger partial charge < -0.3 is 19.7 Å². The van der Waals surface area contributed by atoms with Gasteiger partial charge in [0.25, 0.3) is 0 Å². The lowest BCUT2D eigenvalue weighted by Crippen LogP contribution is -2.40. The second-order valence-corrected chi connectivity index (χ2v) is 8.96. The van der Waals surface area contributed by atoms with Gasteiger partial charge in [0.2, 0.25) is 11.8 Å². The number of ether oxygens (including phenoxy) is 2. The maximum Gasteiger partial charge on any atom is 0.217 e. The fraction of sp³-hybridized carbons (Fsp3) is 0.650. The van der Waals surface area contributed by atoms with Crippen LogP contribution in [0.5, 0.6) is 5.88 Å². The molecule has 0 unspecified atom stereocenters. The van der Waals surface area contributed by atoms with Gasteiger partial charge in [0.05, 0.1) is 25.9 Å². The molecule has 0 spiro atoms. The van der Waals surface area contributed by atoms with Gasteiger partial charge in [-0.2, -0.15) is 0 Å². The zero-order valence-electron chi connectivity index (χ0n) is 16.8. The van der Waals surface area contributed by atoms with E-state index in [2.05, 4.69) is 15.3 Å². The van der Waals surface area contributed by atoms with Crippen LogP contribution >= 0.6 is 11.3 Å². The number of rotatable bonds is 8. The van der Waals surface area contributed by atoms with Crippen LogP contribution < -0.4 is 15.0 Å². The van der Waals surface area contributed by atoms with Crippen molar-refractivity contribution in [2.45, 2.75) is 51.4 Å². The Morgan fingerprint density at radius 3 is 2.97 bits per heavy atom. The van der Waals surface area contributed by atoms with Crippen molar-refractivity contribution in [3.05, 3.63) is 12.1 Å².